The van der Waals surface area contributed by atoms with Gasteiger partial charge in [0.05, 0.1) is 0 Å². The molecule has 1 atom stereocenters. The van der Waals surface area contributed by atoms with E-state index >= 15 is 0 Å². The van der Waals surface area contributed by atoms with Crippen LogP contribution in [-0.2, 0) is 0 Å². The molecule has 0 radical (unpaired) electrons. The van der Waals surface area contributed by atoms with Gasteiger partial charge in [0.1, 0.15) is 6.10 Å². The van der Waals surface area contributed by atoms with Crippen molar-refractivity contribution >= 4 is 49.9 Å². The molecule has 0 saturated heterocycles. The van der Waals surface area contributed by atoms with E-state index in [1.54, 1.807) is 11.3 Å². The lowest BCUT2D eigenvalue weighted by Gasteiger charge is -2.10. The number of thiophene rings is 1. The van der Waals surface area contributed by atoms with Crippen molar-refractivity contribution in [2.24, 2.45) is 0 Å². The van der Waals surface area contributed by atoms with Crippen molar-refractivity contribution in [2.75, 3.05) is 0 Å². The van der Waals surface area contributed by atoms with Crippen molar-refractivity contribution in [1.29, 1.82) is 0 Å². The number of halogens is 2. The normalized spacial score (nSPS) is 12.7. The van der Waals surface area contributed by atoms with Crippen LogP contribution in [0.15, 0.2) is 39.5 Å². The summed E-state index contributed by atoms with van der Waals surface area (Å²) in [6.45, 7) is 0. The maximum Gasteiger partial charge on any atom is 0.106 e. The molecule has 0 amide bonds. The monoisotopic (exact) mass is 394 g/mol. The minimum Gasteiger partial charge on any atom is -0.384 e. The molecule has 78 valence electrons. The summed E-state index contributed by atoms with van der Waals surface area (Å²) in [6.07, 6.45) is -0.539. The van der Waals surface area contributed by atoms with Crippen LogP contribution in [0.25, 0.3) is 0 Å². The van der Waals surface area contributed by atoms with E-state index in [0.717, 1.165) is 15.6 Å². The van der Waals surface area contributed by atoms with E-state index in [1.165, 1.54) is 3.57 Å². The van der Waals surface area contributed by atoms with Crippen molar-refractivity contribution < 1.29 is 5.11 Å². The number of aliphatic hydroxyl groups is 1. The van der Waals surface area contributed by atoms with Crippen LogP contribution in [0.4, 0.5) is 0 Å². The van der Waals surface area contributed by atoms with E-state index in [2.05, 4.69) is 38.5 Å². The fraction of sp³-hybridized carbons (Fsp3) is 0.0909. The lowest BCUT2D eigenvalue weighted by atomic mass is 10.1. The maximum absolute atomic E-state index is 10.1. The van der Waals surface area contributed by atoms with E-state index < -0.39 is 6.10 Å². The predicted molar refractivity (Wildman–Crippen MR) is 75.2 cm³/mol. The highest BCUT2D eigenvalue weighted by atomic mass is 127. The highest BCUT2D eigenvalue weighted by molar-refractivity contribution is 14.1. The van der Waals surface area contributed by atoms with E-state index in [-0.39, 0.29) is 0 Å². The van der Waals surface area contributed by atoms with Crippen LogP contribution in [0.3, 0.4) is 0 Å². The average molecular weight is 395 g/mol. The molecule has 0 aliphatic carbocycles. The Morgan fingerprint density at radius 2 is 1.87 bits per heavy atom. The third-order valence-corrected chi connectivity index (χ3v) is 4.59. The van der Waals surface area contributed by atoms with Crippen molar-refractivity contribution in [3.63, 3.8) is 0 Å². The highest BCUT2D eigenvalue weighted by Gasteiger charge is 2.13. The third kappa shape index (κ3) is 2.61. The second kappa shape index (κ2) is 4.95. The van der Waals surface area contributed by atoms with Crippen molar-refractivity contribution in [3.05, 3.63) is 54.2 Å². The van der Waals surface area contributed by atoms with Crippen LogP contribution >= 0.6 is 49.9 Å². The summed E-state index contributed by atoms with van der Waals surface area (Å²) in [5, 5.41) is 14.1. The van der Waals surface area contributed by atoms with Crippen LogP contribution in [0.2, 0.25) is 0 Å². The van der Waals surface area contributed by atoms with Crippen LogP contribution < -0.4 is 0 Å². The fourth-order valence-electron chi connectivity index (χ4n) is 1.31. The Kier molecular flexibility index (Phi) is 3.82. The predicted octanol–water partition coefficient (Wildman–Crippen LogP) is 4.20. The van der Waals surface area contributed by atoms with Gasteiger partial charge in [-0.3, -0.25) is 0 Å². The van der Waals surface area contributed by atoms with Gasteiger partial charge in [-0.05, 0) is 61.6 Å². The Labute approximate surface area is 114 Å². The molecular weight excluding hydrogens is 387 g/mol. The number of hydrogen-bond acceptors (Lipinski definition) is 2. The van der Waals surface area contributed by atoms with Crippen LogP contribution in [-0.4, -0.2) is 5.11 Å². The Hall–Kier alpha value is 0.0900. The number of aliphatic hydroxyl groups excluding tert-OH is 1. The Balaban J connectivity index is 2.32. The van der Waals surface area contributed by atoms with Crippen molar-refractivity contribution in [2.45, 2.75) is 6.10 Å². The van der Waals surface area contributed by atoms with E-state index in [4.69, 9.17) is 0 Å². The first-order chi connectivity index (χ1) is 7.18. The summed E-state index contributed by atoms with van der Waals surface area (Å²) in [4.78, 5) is 0. The third-order valence-electron chi connectivity index (χ3n) is 2.12. The van der Waals surface area contributed by atoms with Gasteiger partial charge < -0.3 is 5.11 Å². The molecule has 2 aromatic rings. The Morgan fingerprint density at radius 3 is 2.40 bits per heavy atom. The quantitative estimate of drug-likeness (QED) is 0.757. The second-order valence-electron chi connectivity index (χ2n) is 3.13. The summed E-state index contributed by atoms with van der Waals surface area (Å²) in [7, 11) is 0. The Bertz CT molecular complexity index is 452. The van der Waals surface area contributed by atoms with Gasteiger partial charge in [0.2, 0.25) is 0 Å². The lowest BCUT2D eigenvalue weighted by Crippen LogP contribution is -1.98. The molecule has 1 heterocycles. The molecule has 0 bridgehead atoms. The first-order valence-electron chi connectivity index (χ1n) is 4.33. The van der Waals surface area contributed by atoms with E-state index in [9.17, 15) is 5.11 Å². The highest BCUT2D eigenvalue weighted by Crippen LogP contribution is 2.31. The lowest BCUT2D eigenvalue weighted by molar-refractivity contribution is 0.220. The molecule has 4 heteroatoms. The molecule has 0 saturated carbocycles. The summed E-state index contributed by atoms with van der Waals surface area (Å²) in [5.74, 6) is 0. The van der Waals surface area contributed by atoms with Crippen molar-refractivity contribution in [3.8, 4) is 0 Å². The van der Waals surface area contributed by atoms with Crippen LogP contribution in [0.1, 0.15) is 17.2 Å². The second-order valence-corrected chi connectivity index (χ2v) is 5.97. The summed E-state index contributed by atoms with van der Waals surface area (Å²) in [5.41, 5.74) is 1.86. The molecule has 15 heavy (non-hydrogen) atoms. The molecule has 0 aliphatic rings. The van der Waals surface area contributed by atoms with Gasteiger partial charge in [-0.25, -0.2) is 0 Å². The SMILES string of the molecule is OC(c1ccc(I)cc1)c1cscc1Br. The molecule has 0 spiro atoms. The molecule has 1 aromatic carbocycles. The standard InChI is InChI=1S/C11H8BrIOS/c12-10-6-15-5-9(10)11(14)7-1-3-8(13)4-2-7/h1-6,11,14H. The van der Waals surface area contributed by atoms with Crippen LogP contribution in [0.5, 0.6) is 0 Å². The molecule has 1 N–H and O–H groups in total. The van der Waals surface area contributed by atoms with Crippen LogP contribution in [0, 0.1) is 3.57 Å². The zero-order valence-electron chi connectivity index (χ0n) is 7.65. The van der Waals surface area contributed by atoms with Gasteiger partial charge in [-0.2, -0.15) is 11.3 Å². The Morgan fingerprint density at radius 1 is 1.20 bits per heavy atom. The smallest absolute Gasteiger partial charge is 0.106 e. The van der Waals surface area contributed by atoms with Gasteiger partial charge >= 0.3 is 0 Å². The average Bonchev–Trinajstić information content (AvgIpc) is 2.65. The molecular formula is C11H8BrIOS. The molecule has 2 rings (SSSR count). The molecule has 0 aliphatic heterocycles. The van der Waals surface area contributed by atoms with Gasteiger partial charge in [0.25, 0.3) is 0 Å². The molecule has 1 aromatic heterocycles. The first kappa shape index (κ1) is 11.6. The minimum atomic E-state index is -0.539. The number of benzene rings is 1. The summed E-state index contributed by atoms with van der Waals surface area (Å²) >= 11 is 7.26. The maximum atomic E-state index is 10.1. The zero-order chi connectivity index (χ0) is 10.8. The molecule has 0 fully saturated rings. The van der Waals surface area contributed by atoms with E-state index in [0.29, 0.717) is 0 Å². The number of hydrogen-bond donors (Lipinski definition) is 1. The summed E-state index contributed by atoms with van der Waals surface area (Å²) < 4.78 is 2.14. The fourth-order valence-corrected chi connectivity index (χ4v) is 3.20. The van der Waals surface area contributed by atoms with Gasteiger partial charge in [-0.1, -0.05) is 12.1 Å². The van der Waals surface area contributed by atoms with Gasteiger partial charge in [0.15, 0.2) is 0 Å². The molecule has 1 nitrogen and oxygen atoms in total. The van der Waals surface area contributed by atoms with Crippen molar-refractivity contribution in [1.82, 2.24) is 0 Å². The largest absolute Gasteiger partial charge is 0.384 e. The van der Waals surface area contributed by atoms with Gasteiger partial charge in [0, 0.05) is 19.0 Å². The van der Waals surface area contributed by atoms with E-state index in [1.807, 2.05) is 35.0 Å². The summed E-state index contributed by atoms with van der Waals surface area (Å²) in [6, 6.07) is 7.91. The minimum absolute atomic E-state index is 0.539. The zero-order valence-corrected chi connectivity index (χ0v) is 12.2. The molecule has 1 unspecified atom stereocenters. The first-order valence-corrected chi connectivity index (χ1v) is 7.15. The number of rotatable bonds is 2. The van der Waals surface area contributed by atoms with Gasteiger partial charge in [-0.15, -0.1) is 0 Å². The topological polar surface area (TPSA) is 20.2 Å².